The SMILES string of the molecule is C1=Cc2cc3c(cc2=CC1)CC1=C(C=3)CCCC1. The van der Waals surface area contributed by atoms with Gasteiger partial charge in [0.2, 0.25) is 0 Å². The monoisotopic (exact) mass is 234 g/mol. The summed E-state index contributed by atoms with van der Waals surface area (Å²) in [6.45, 7) is 0. The lowest BCUT2D eigenvalue weighted by atomic mass is 9.82. The van der Waals surface area contributed by atoms with Crippen molar-refractivity contribution in [2.75, 3.05) is 0 Å². The van der Waals surface area contributed by atoms with Crippen molar-refractivity contribution in [3.8, 4) is 0 Å². The van der Waals surface area contributed by atoms with Crippen molar-refractivity contribution in [3.63, 3.8) is 0 Å². The van der Waals surface area contributed by atoms with E-state index in [-0.39, 0.29) is 0 Å². The van der Waals surface area contributed by atoms with Gasteiger partial charge < -0.3 is 0 Å². The van der Waals surface area contributed by atoms with E-state index in [2.05, 4.69) is 36.4 Å². The van der Waals surface area contributed by atoms with Crippen LogP contribution >= 0.6 is 0 Å². The molecule has 3 aliphatic carbocycles. The molecule has 3 aliphatic rings. The average molecular weight is 234 g/mol. The highest BCUT2D eigenvalue weighted by Crippen LogP contribution is 2.29. The molecule has 0 atom stereocenters. The van der Waals surface area contributed by atoms with E-state index in [0.717, 1.165) is 6.42 Å². The second kappa shape index (κ2) is 3.98. The van der Waals surface area contributed by atoms with Gasteiger partial charge in [0.05, 0.1) is 0 Å². The first-order valence-electron chi connectivity index (χ1n) is 7.12. The molecule has 0 unspecified atom stereocenters. The van der Waals surface area contributed by atoms with Gasteiger partial charge in [-0.2, -0.15) is 0 Å². The molecule has 0 heteroatoms. The molecule has 18 heavy (non-hydrogen) atoms. The summed E-state index contributed by atoms with van der Waals surface area (Å²) >= 11 is 0. The highest BCUT2D eigenvalue weighted by molar-refractivity contribution is 5.62. The number of hydrogen-bond acceptors (Lipinski definition) is 0. The quantitative estimate of drug-likeness (QED) is 0.647. The Kier molecular flexibility index (Phi) is 2.29. The highest BCUT2D eigenvalue weighted by atomic mass is 14.2. The van der Waals surface area contributed by atoms with Crippen molar-refractivity contribution in [2.24, 2.45) is 0 Å². The number of benzene rings is 1. The third-order valence-corrected chi connectivity index (χ3v) is 4.48. The topological polar surface area (TPSA) is 0 Å². The number of allylic oxidation sites excluding steroid dienone is 3. The third kappa shape index (κ3) is 1.59. The minimum absolute atomic E-state index is 1.09. The maximum absolute atomic E-state index is 2.45. The van der Waals surface area contributed by atoms with Gasteiger partial charge in [-0.1, -0.05) is 35.9 Å². The van der Waals surface area contributed by atoms with E-state index in [0.29, 0.717) is 0 Å². The van der Waals surface area contributed by atoms with E-state index in [9.17, 15) is 0 Å². The van der Waals surface area contributed by atoms with Crippen molar-refractivity contribution in [1.82, 2.24) is 0 Å². The summed E-state index contributed by atoms with van der Waals surface area (Å²) in [7, 11) is 0. The van der Waals surface area contributed by atoms with Gasteiger partial charge in [0.1, 0.15) is 0 Å². The lowest BCUT2D eigenvalue weighted by molar-refractivity contribution is 0.670. The van der Waals surface area contributed by atoms with Gasteiger partial charge >= 0.3 is 0 Å². The fourth-order valence-corrected chi connectivity index (χ4v) is 3.48. The molecule has 1 aromatic rings. The zero-order chi connectivity index (χ0) is 11.9. The van der Waals surface area contributed by atoms with Crippen LogP contribution in [-0.2, 0) is 6.42 Å². The van der Waals surface area contributed by atoms with Crippen LogP contribution in [0.5, 0.6) is 0 Å². The second-order valence-corrected chi connectivity index (χ2v) is 5.68. The molecule has 90 valence electrons. The number of fused-ring (bicyclic) bond motifs is 2. The second-order valence-electron chi connectivity index (χ2n) is 5.68. The lowest BCUT2D eigenvalue weighted by Gasteiger charge is -2.23. The Labute approximate surface area is 108 Å². The molecule has 0 saturated heterocycles. The van der Waals surface area contributed by atoms with E-state index < -0.39 is 0 Å². The molecule has 0 fully saturated rings. The first-order valence-corrected chi connectivity index (χ1v) is 7.12. The maximum atomic E-state index is 2.45. The summed E-state index contributed by atoms with van der Waals surface area (Å²) in [6, 6.07) is 4.80. The van der Waals surface area contributed by atoms with E-state index in [1.54, 1.807) is 16.7 Å². The Bertz CT molecular complexity index is 683. The van der Waals surface area contributed by atoms with Crippen molar-refractivity contribution in [3.05, 3.63) is 50.9 Å². The molecular formula is C18H18. The average Bonchev–Trinajstić information content (AvgIpc) is 2.42. The maximum Gasteiger partial charge on any atom is -0.00551 e. The number of hydrogen-bond donors (Lipinski definition) is 0. The summed E-state index contributed by atoms with van der Waals surface area (Å²) in [4.78, 5) is 0. The summed E-state index contributed by atoms with van der Waals surface area (Å²) in [6.07, 6.45) is 17.0. The summed E-state index contributed by atoms with van der Waals surface area (Å²) in [5, 5.41) is 2.90. The first kappa shape index (κ1) is 10.4. The van der Waals surface area contributed by atoms with Crippen LogP contribution in [0.4, 0.5) is 0 Å². The molecule has 0 saturated carbocycles. The Morgan fingerprint density at radius 3 is 2.89 bits per heavy atom. The van der Waals surface area contributed by atoms with E-state index in [4.69, 9.17) is 0 Å². The van der Waals surface area contributed by atoms with Crippen molar-refractivity contribution in [1.29, 1.82) is 0 Å². The largest absolute Gasteiger partial charge is 0.0801 e. The predicted molar refractivity (Wildman–Crippen MR) is 77.5 cm³/mol. The zero-order valence-corrected chi connectivity index (χ0v) is 10.7. The first-order chi connectivity index (χ1) is 8.90. The fraction of sp³-hybridized carbons (Fsp3) is 0.333. The summed E-state index contributed by atoms with van der Waals surface area (Å²) in [5.74, 6) is 0. The molecule has 0 N–H and O–H groups in total. The van der Waals surface area contributed by atoms with E-state index >= 15 is 0 Å². The van der Waals surface area contributed by atoms with Crippen LogP contribution in [0.15, 0.2) is 29.4 Å². The standard InChI is InChI=1S/C18H18/c1-2-6-14-10-18-12-16-8-4-3-7-15(16)11-17(18)9-13(14)5-1/h1,5-6,9-11H,2-4,7-8,12H2. The molecular weight excluding hydrogens is 216 g/mol. The van der Waals surface area contributed by atoms with Gasteiger partial charge in [-0.15, -0.1) is 0 Å². The van der Waals surface area contributed by atoms with Crippen molar-refractivity contribution < 1.29 is 0 Å². The van der Waals surface area contributed by atoms with Crippen molar-refractivity contribution in [2.45, 2.75) is 38.5 Å². The van der Waals surface area contributed by atoms with Crippen LogP contribution in [-0.4, -0.2) is 0 Å². The third-order valence-electron chi connectivity index (χ3n) is 4.48. The van der Waals surface area contributed by atoms with Crippen LogP contribution in [0.25, 0.3) is 18.2 Å². The molecule has 0 nitrogen and oxygen atoms in total. The van der Waals surface area contributed by atoms with Crippen LogP contribution in [0, 0.1) is 0 Å². The smallest absolute Gasteiger partial charge is 0.00551 e. The molecule has 0 aliphatic heterocycles. The highest BCUT2D eigenvalue weighted by Gasteiger charge is 2.16. The Morgan fingerprint density at radius 1 is 0.944 bits per heavy atom. The lowest BCUT2D eigenvalue weighted by Crippen LogP contribution is -2.23. The van der Waals surface area contributed by atoms with Gasteiger partial charge in [-0.25, -0.2) is 0 Å². The molecule has 0 radical (unpaired) electrons. The number of rotatable bonds is 0. The fourth-order valence-electron chi connectivity index (χ4n) is 3.48. The van der Waals surface area contributed by atoms with Gasteiger partial charge in [-0.05, 0) is 71.7 Å². The molecule has 4 rings (SSSR count). The molecule has 0 bridgehead atoms. The normalized spacial score (nSPS) is 20.4. The summed E-state index contributed by atoms with van der Waals surface area (Å²) in [5.41, 5.74) is 6.29. The van der Waals surface area contributed by atoms with E-state index in [1.165, 1.54) is 48.1 Å². The van der Waals surface area contributed by atoms with Crippen molar-refractivity contribution >= 4 is 18.2 Å². The Morgan fingerprint density at radius 2 is 1.89 bits per heavy atom. The molecule has 0 heterocycles. The molecule has 0 spiro atoms. The summed E-state index contributed by atoms with van der Waals surface area (Å²) < 4.78 is 0. The van der Waals surface area contributed by atoms with Crippen LogP contribution in [0.1, 0.15) is 43.2 Å². The molecule has 0 amide bonds. The van der Waals surface area contributed by atoms with Crippen LogP contribution < -0.4 is 10.4 Å². The van der Waals surface area contributed by atoms with Gasteiger partial charge in [0.15, 0.2) is 0 Å². The Hall–Kier alpha value is -1.56. The van der Waals surface area contributed by atoms with Gasteiger partial charge in [0, 0.05) is 0 Å². The molecule has 0 aromatic heterocycles. The minimum atomic E-state index is 1.09. The Balaban J connectivity index is 1.93. The van der Waals surface area contributed by atoms with Gasteiger partial charge in [-0.3, -0.25) is 0 Å². The zero-order valence-electron chi connectivity index (χ0n) is 10.7. The van der Waals surface area contributed by atoms with Gasteiger partial charge in [0.25, 0.3) is 0 Å². The minimum Gasteiger partial charge on any atom is -0.0801 e. The predicted octanol–water partition coefficient (Wildman–Crippen LogP) is 3.09. The van der Waals surface area contributed by atoms with Crippen LogP contribution in [0.2, 0.25) is 0 Å². The van der Waals surface area contributed by atoms with Crippen LogP contribution in [0.3, 0.4) is 0 Å². The van der Waals surface area contributed by atoms with E-state index in [1.807, 2.05) is 0 Å². The molecule has 1 aromatic carbocycles.